The van der Waals surface area contributed by atoms with Gasteiger partial charge in [-0.2, -0.15) is 0 Å². The molecule has 0 aliphatic carbocycles. The van der Waals surface area contributed by atoms with E-state index in [1.165, 1.54) is 0 Å². The summed E-state index contributed by atoms with van der Waals surface area (Å²) in [6, 6.07) is 0. The quantitative estimate of drug-likeness (QED) is 0.663. The highest BCUT2D eigenvalue weighted by molar-refractivity contribution is 5.25. The first kappa shape index (κ1) is 16.0. The third-order valence-corrected chi connectivity index (χ3v) is 2.75. The molecule has 0 amide bonds. The highest BCUT2D eigenvalue weighted by Crippen LogP contribution is 2.15. The lowest BCUT2D eigenvalue weighted by Gasteiger charge is -2.26. The molecular formula is C14H27N3O2. The lowest BCUT2D eigenvalue weighted by Crippen LogP contribution is -2.31. The van der Waals surface area contributed by atoms with Gasteiger partial charge in [-0.3, -0.25) is 0 Å². The van der Waals surface area contributed by atoms with Crippen LogP contribution in [0.4, 0.5) is 5.95 Å². The number of aromatic nitrogens is 2. The monoisotopic (exact) mass is 269 g/mol. The maximum absolute atomic E-state index is 5.72. The summed E-state index contributed by atoms with van der Waals surface area (Å²) in [5.41, 5.74) is -0.183. The summed E-state index contributed by atoms with van der Waals surface area (Å²) in [4.78, 5) is 4.33. The van der Waals surface area contributed by atoms with Gasteiger partial charge in [0, 0.05) is 38.8 Å². The zero-order chi connectivity index (χ0) is 14.1. The van der Waals surface area contributed by atoms with Gasteiger partial charge >= 0.3 is 0 Å². The smallest absolute Gasteiger partial charge is 0.202 e. The predicted octanol–water partition coefficient (Wildman–Crippen LogP) is 2.54. The molecule has 0 spiro atoms. The molecule has 0 fully saturated rings. The third-order valence-electron chi connectivity index (χ3n) is 2.75. The van der Waals surface area contributed by atoms with Crippen molar-refractivity contribution in [2.24, 2.45) is 0 Å². The van der Waals surface area contributed by atoms with Gasteiger partial charge in [-0.1, -0.05) is 0 Å². The average molecular weight is 269 g/mol. The van der Waals surface area contributed by atoms with Crippen LogP contribution < -0.4 is 5.32 Å². The molecule has 1 aromatic heterocycles. The van der Waals surface area contributed by atoms with Crippen molar-refractivity contribution in [1.82, 2.24) is 9.55 Å². The molecule has 5 nitrogen and oxygen atoms in total. The van der Waals surface area contributed by atoms with Crippen LogP contribution in [-0.4, -0.2) is 41.5 Å². The van der Waals surface area contributed by atoms with Crippen molar-refractivity contribution in [3.63, 3.8) is 0 Å². The van der Waals surface area contributed by atoms with Crippen molar-refractivity contribution in [2.45, 2.75) is 46.3 Å². The molecule has 0 bridgehead atoms. The van der Waals surface area contributed by atoms with E-state index in [2.05, 4.69) is 28.7 Å². The van der Waals surface area contributed by atoms with Gasteiger partial charge in [0.05, 0.1) is 12.1 Å². The van der Waals surface area contributed by atoms with Gasteiger partial charge < -0.3 is 19.4 Å². The molecule has 0 unspecified atom stereocenters. The van der Waals surface area contributed by atoms with Gasteiger partial charge in [0.1, 0.15) is 0 Å². The van der Waals surface area contributed by atoms with Crippen LogP contribution in [0.15, 0.2) is 12.4 Å². The van der Waals surface area contributed by atoms with E-state index in [9.17, 15) is 0 Å². The van der Waals surface area contributed by atoms with E-state index in [1.807, 2.05) is 26.2 Å². The largest absolute Gasteiger partial charge is 0.382 e. The predicted molar refractivity (Wildman–Crippen MR) is 77.5 cm³/mol. The first-order valence-electron chi connectivity index (χ1n) is 7.05. The summed E-state index contributed by atoms with van der Waals surface area (Å²) >= 11 is 0. The van der Waals surface area contributed by atoms with Crippen molar-refractivity contribution in [3.05, 3.63) is 12.4 Å². The summed E-state index contributed by atoms with van der Waals surface area (Å²) < 4.78 is 13.1. The lowest BCUT2D eigenvalue weighted by atomic mass is 10.1. The van der Waals surface area contributed by atoms with E-state index in [1.54, 1.807) is 0 Å². The van der Waals surface area contributed by atoms with E-state index in [0.29, 0.717) is 0 Å². The van der Waals surface area contributed by atoms with Gasteiger partial charge in [0.15, 0.2) is 0 Å². The fraction of sp³-hybridized carbons (Fsp3) is 0.786. The SMILES string of the molecule is CCOCCCNc1nccn1CC(C)(C)OCC. The van der Waals surface area contributed by atoms with Gasteiger partial charge in [-0.05, 0) is 34.1 Å². The Morgan fingerprint density at radius 2 is 2.11 bits per heavy atom. The van der Waals surface area contributed by atoms with E-state index >= 15 is 0 Å². The van der Waals surface area contributed by atoms with Crippen LogP contribution in [0.5, 0.6) is 0 Å². The third kappa shape index (κ3) is 6.07. The van der Waals surface area contributed by atoms with Gasteiger partial charge in [0.25, 0.3) is 0 Å². The summed E-state index contributed by atoms with van der Waals surface area (Å²) in [6.07, 6.45) is 4.77. The molecule has 0 saturated carbocycles. The summed E-state index contributed by atoms with van der Waals surface area (Å²) in [6.45, 7) is 12.1. The van der Waals surface area contributed by atoms with Crippen molar-refractivity contribution >= 4 is 5.95 Å². The van der Waals surface area contributed by atoms with Crippen LogP contribution in [0.3, 0.4) is 0 Å². The molecule has 0 aliphatic rings. The second kappa shape index (κ2) is 8.17. The maximum Gasteiger partial charge on any atom is 0.202 e. The number of rotatable bonds is 10. The van der Waals surface area contributed by atoms with E-state index in [-0.39, 0.29) is 5.60 Å². The molecule has 1 N–H and O–H groups in total. The number of anilines is 1. The molecule has 19 heavy (non-hydrogen) atoms. The Bertz CT molecular complexity index is 350. The highest BCUT2D eigenvalue weighted by Gasteiger charge is 2.19. The number of ether oxygens (including phenoxy) is 2. The Kier molecular flexibility index (Phi) is 6.87. The summed E-state index contributed by atoms with van der Waals surface area (Å²) in [7, 11) is 0. The van der Waals surface area contributed by atoms with Gasteiger partial charge in [-0.25, -0.2) is 4.98 Å². The second-order valence-electron chi connectivity index (χ2n) is 5.05. The normalized spacial score (nSPS) is 11.8. The van der Waals surface area contributed by atoms with E-state index in [0.717, 1.165) is 45.3 Å². The first-order chi connectivity index (χ1) is 9.09. The summed E-state index contributed by atoms with van der Waals surface area (Å²) in [5, 5.41) is 3.33. The van der Waals surface area contributed by atoms with Crippen molar-refractivity contribution in [2.75, 3.05) is 31.7 Å². The minimum Gasteiger partial charge on any atom is -0.382 e. The Morgan fingerprint density at radius 1 is 1.32 bits per heavy atom. The van der Waals surface area contributed by atoms with Gasteiger partial charge in [0.2, 0.25) is 5.95 Å². The molecule has 110 valence electrons. The maximum atomic E-state index is 5.72. The van der Waals surface area contributed by atoms with Crippen molar-refractivity contribution < 1.29 is 9.47 Å². The van der Waals surface area contributed by atoms with Crippen molar-refractivity contribution in [3.8, 4) is 0 Å². The zero-order valence-corrected chi connectivity index (χ0v) is 12.6. The number of hydrogen-bond donors (Lipinski definition) is 1. The molecular weight excluding hydrogens is 242 g/mol. The van der Waals surface area contributed by atoms with Crippen LogP contribution in [0.2, 0.25) is 0 Å². The highest BCUT2D eigenvalue weighted by atomic mass is 16.5. The van der Waals surface area contributed by atoms with Gasteiger partial charge in [-0.15, -0.1) is 0 Å². The number of hydrogen-bond acceptors (Lipinski definition) is 4. The molecule has 0 atom stereocenters. The number of nitrogens with one attached hydrogen (secondary N) is 1. The second-order valence-corrected chi connectivity index (χ2v) is 5.05. The zero-order valence-electron chi connectivity index (χ0n) is 12.6. The molecule has 0 aromatic carbocycles. The molecule has 0 aliphatic heterocycles. The molecule has 0 radical (unpaired) electrons. The van der Waals surface area contributed by atoms with Crippen molar-refractivity contribution in [1.29, 1.82) is 0 Å². The van der Waals surface area contributed by atoms with Crippen LogP contribution >= 0.6 is 0 Å². The average Bonchev–Trinajstić information content (AvgIpc) is 2.75. The van der Waals surface area contributed by atoms with Crippen LogP contribution in [0, 0.1) is 0 Å². The molecule has 1 heterocycles. The molecule has 1 rings (SSSR count). The molecule has 0 saturated heterocycles. The molecule has 1 aromatic rings. The lowest BCUT2D eigenvalue weighted by molar-refractivity contribution is -0.0220. The molecule has 5 heteroatoms. The van der Waals surface area contributed by atoms with E-state index in [4.69, 9.17) is 9.47 Å². The minimum absolute atomic E-state index is 0.183. The Balaban J connectivity index is 2.42. The minimum atomic E-state index is -0.183. The first-order valence-corrected chi connectivity index (χ1v) is 7.05. The fourth-order valence-corrected chi connectivity index (χ4v) is 1.97. The Morgan fingerprint density at radius 3 is 2.79 bits per heavy atom. The topological polar surface area (TPSA) is 48.3 Å². The van der Waals surface area contributed by atoms with Crippen LogP contribution in [-0.2, 0) is 16.0 Å². The number of imidazole rings is 1. The Labute approximate surface area is 116 Å². The van der Waals surface area contributed by atoms with Crippen LogP contribution in [0.1, 0.15) is 34.1 Å². The van der Waals surface area contributed by atoms with Crippen LogP contribution in [0.25, 0.3) is 0 Å². The number of nitrogens with zero attached hydrogens (tertiary/aromatic N) is 2. The fourth-order valence-electron chi connectivity index (χ4n) is 1.97. The Hall–Kier alpha value is -1.07. The summed E-state index contributed by atoms with van der Waals surface area (Å²) in [5.74, 6) is 0.893. The standard InChI is InChI=1S/C14H27N3O2/c1-5-18-11-7-8-15-13-16-9-10-17(13)12-14(3,4)19-6-2/h9-10H,5-8,11-12H2,1-4H3,(H,15,16). The van der Waals surface area contributed by atoms with E-state index < -0.39 is 0 Å².